The summed E-state index contributed by atoms with van der Waals surface area (Å²) < 4.78 is 4.63. The Labute approximate surface area is 111 Å². The van der Waals surface area contributed by atoms with Crippen LogP contribution in [0.25, 0.3) is 0 Å². The number of hydrogen-bond donors (Lipinski definition) is 2. The largest absolute Gasteiger partial charge is 0.465 e. The highest BCUT2D eigenvalue weighted by molar-refractivity contribution is 5.94. The summed E-state index contributed by atoms with van der Waals surface area (Å²) in [5, 5.41) is 5.54. The number of amides is 1. The van der Waals surface area contributed by atoms with E-state index in [1.807, 2.05) is 13.8 Å². The highest BCUT2D eigenvalue weighted by Gasteiger charge is 2.15. The molecule has 1 heterocycles. The van der Waals surface area contributed by atoms with Gasteiger partial charge in [-0.05, 0) is 20.8 Å². The normalized spacial score (nSPS) is 10.2. The van der Waals surface area contributed by atoms with Crippen molar-refractivity contribution < 1.29 is 14.3 Å². The highest BCUT2D eigenvalue weighted by atomic mass is 16.5. The lowest BCUT2D eigenvalue weighted by Gasteiger charge is -2.11. The Kier molecular flexibility index (Phi) is 5.23. The minimum Gasteiger partial charge on any atom is -0.465 e. The van der Waals surface area contributed by atoms with Crippen molar-refractivity contribution in [3.8, 4) is 0 Å². The molecule has 1 amide bonds. The SMILES string of the molecule is COC(=O)c1cnc(C)nc1NCC(=O)NC(C)C. The monoisotopic (exact) mass is 266 g/mol. The highest BCUT2D eigenvalue weighted by Crippen LogP contribution is 2.12. The van der Waals surface area contributed by atoms with Crippen molar-refractivity contribution in [3.05, 3.63) is 17.6 Å². The van der Waals surface area contributed by atoms with Crippen molar-refractivity contribution in [2.75, 3.05) is 19.0 Å². The summed E-state index contributed by atoms with van der Waals surface area (Å²) in [6, 6.07) is 0.0570. The van der Waals surface area contributed by atoms with Gasteiger partial charge in [0.05, 0.1) is 13.7 Å². The zero-order chi connectivity index (χ0) is 14.4. The number of hydrogen-bond acceptors (Lipinski definition) is 6. The molecule has 19 heavy (non-hydrogen) atoms. The van der Waals surface area contributed by atoms with Crippen LogP contribution in [-0.4, -0.2) is 41.5 Å². The number of ether oxygens (including phenoxy) is 1. The second-order valence-electron chi connectivity index (χ2n) is 4.25. The number of nitrogens with zero attached hydrogens (tertiary/aromatic N) is 2. The zero-order valence-corrected chi connectivity index (χ0v) is 11.5. The lowest BCUT2D eigenvalue weighted by Crippen LogP contribution is -2.35. The van der Waals surface area contributed by atoms with Crippen LogP contribution in [-0.2, 0) is 9.53 Å². The Morgan fingerprint density at radius 3 is 2.68 bits per heavy atom. The van der Waals surface area contributed by atoms with Gasteiger partial charge in [-0.1, -0.05) is 0 Å². The molecular weight excluding hydrogens is 248 g/mol. The molecule has 0 bridgehead atoms. The summed E-state index contributed by atoms with van der Waals surface area (Å²) in [5.74, 6) is 0.0616. The quantitative estimate of drug-likeness (QED) is 0.754. The van der Waals surface area contributed by atoms with Crippen LogP contribution in [0.15, 0.2) is 6.20 Å². The molecule has 0 saturated heterocycles. The molecular formula is C12H18N4O3. The average Bonchev–Trinajstić information content (AvgIpc) is 2.34. The average molecular weight is 266 g/mol. The predicted octanol–water partition coefficient (Wildman–Crippen LogP) is 0.508. The van der Waals surface area contributed by atoms with Crippen LogP contribution in [0, 0.1) is 6.92 Å². The van der Waals surface area contributed by atoms with E-state index in [1.54, 1.807) is 6.92 Å². The van der Waals surface area contributed by atoms with Crippen LogP contribution in [0.4, 0.5) is 5.82 Å². The van der Waals surface area contributed by atoms with Gasteiger partial charge in [0, 0.05) is 12.2 Å². The fourth-order valence-corrected chi connectivity index (χ4v) is 1.40. The summed E-state index contributed by atoms with van der Waals surface area (Å²) in [5.41, 5.74) is 0.199. The molecule has 1 aromatic rings. The molecule has 2 N–H and O–H groups in total. The van der Waals surface area contributed by atoms with Gasteiger partial charge in [-0.15, -0.1) is 0 Å². The molecule has 7 nitrogen and oxygen atoms in total. The van der Waals surface area contributed by atoms with E-state index in [0.29, 0.717) is 11.6 Å². The standard InChI is InChI=1S/C12H18N4O3/c1-7(2)15-10(17)6-14-11-9(12(18)19-4)5-13-8(3)16-11/h5,7H,6H2,1-4H3,(H,15,17)(H,13,14,16). The van der Waals surface area contributed by atoms with Crippen molar-refractivity contribution in [1.29, 1.82) is 0 Å². The molecule has 0 unspecified atom stereocenters. The van der Waals surface area contributed by atoms with Gasteiger partial charge >= 0.3 is 5.97 Å². The molecule has 0 aromatic carbocycles. The van der Waals surface area contributed by atoms with Crippen LogP contribution >= 0.6 is 0 Å². The fraction of sp³-hybridized carbons (Fsp3) is 0.500. The van der Waals surface area contributed by atoms with Gasteiger partial charge in [0.2, 0.25) is 5.91 Å². The van der Waals surface area contributed by atoms with Crippen LogP contribution < -0.4 is 10.6 Å². The zero-order valence-electron chi connectivity index (χ0n) is 11.5. The first-order chi connectivity index (χ1) is 8.93. The van der Waals surface area contributed by atoms with Gasteiger partial charge in [-0.3, -0.25) is 4.79 Å². The third-order valence-electron chi connectivity index (χ3n) is 2.18. The molecule has 0 atom stereocenters. The van der Waals surface area contributed by atoms with E-state index >= 15 is 0 Å². The predicted molar refractivity (Wildman–Crippen MR) is 69.9 cm³/mol. The topological polar surface area (TPSA) is 93.2 Å². The number of aromatic nitrogens is 2. The van der Waals surface area contributed by atoms with Gasteiger partial charge in [0.1, 0.15) is 17.2 Å². The summed E-state index contributed by atoms with van der Waals surface area (Å²) in [6.07, 6.45) is 1.37. The van der Waals surface area contributed by atoms with Crippen molar-refractivity contribution in [3.63, 3.8) is 0 Å². The van der Waals surface area contributed by atoms with Crippen molar-refractivity contribution in [2.24, 2.45) is 0 Å². The third kappa shape index (κ3) is 4.53. The van der Waals surface area contributed by atoms with E-state index in [2.05, 4.69) is 25.3 Å². The number of carbonyl (C=O) groups excluding carboxylic acids is 2. The van der Waals surface area contributed by atoms with Gasteiger partial charge in [-0.2, -0.15) is 0 Å². The number of aryl methyl sites for hydroxylation is 1. The number of esters is 1. The minimum atomic E-state index is -0.549. The number of carbonyl (C=O) groups is 2. The molecule has 1 rings (SSSR count). The maximum Gasteiger partial charge on any atom is 0.343 e. The lowest BCUT2D eigenvalue weighted by atomic mass is 10.3. The lowest BCUT2D eigenvalue weighted by molar-refractivity contribution is -0.119. The molecule has 0 spiro atoms. The Morgan fingerprint density at radius 1 is 1.42 bits per heavy atom. The molecule has 0 aliphatic carbocycles. The van der Waals surface area contributed by atoms with Crippen LogP contribution in [0.2, 0.25) is 0 Å². The van der Waals surface area contributed by atoms with Gasteiger partial charge in [-0.25, -0.2) is 14.8 Å². The Bertz CT molecular complexity index is 474. The minimum absolute atomic E-state index is 0.0264. The maximum absolute atomic E-state index is 11.5. The molecule has 0 saturated carbocycles. The first kappa shape index (κ1) is 14.9. The van der Waals surface area contributed by atoms with Gasteiger partial charge in [0.15, 0.2) is 0 Å². The molecule has 0 aliphatic rings. The Balaban J connectivity index is 2.79. The van der Waals surface area contributed by atoms with Crippen molar-refractivity contribution in [1.82, 2.24) is 15.3 Å². The number of anilines is 1. The van der Waals surface area contributed by atoms with Crippen LogP contribution in [0.3, 0.4) is 0 Å². The first-order valence-corrected chi connectivity index (χ1v) is 5.89. The molecule has 1 aromatic heterocycles. The van der Waals surface area contributed by atoms with Gasteiger partial charge in [0.25, 0.3) is 0 Å². The molecule has 0 aliphatic heterocycles. The summed E-state index contributed by atoms with van der Waals surface area (Å²) >= 11 is 0. The summed E-state index contributed by atoms with van der Waals surface area (Å²) in [4.78, 5) is 31.1. The second-order valence-corrected chi connectivity index (χ2v) is 4.25. The summed E-state index contributed by atoms with van der Waals surface area (Å²) in [6.45, 7) is 5.46. The molecule has 104 valence electrons. The van der Waals surface area contributed by atoms with Crippen molar-refractivity contribution >= 4 is 17.7 Å². The molecule has 0 radical (unpaired) electrons. The Morgan fingerprint density at radius 2 is 2.11 bits per heavy atom. The van der Waals surface area contributed by atoms with E-state index < -0.39 is 5.97 Å². The van der Waals surface area contributed by atoms with E-state index in [0.717, 1.165) is 0 Å². The second kappa shape index (κ2) is 6.67. The van der Waals surface area contributed by atoms with E-state index in [9.17, 15) is 9.59 Å². The van der Waals surface area contributed by atoms with Gasteiger partial charge < -0.3 is 15.4 Å². The van der Waals surface area contributed by atoms with Crippen LogP contribution in [0.1, 0.15) is 30.0 Å². The van der Waals surface area contributed by atoms with E-state index in [1.165, 1.54) is 13.3 Å². The summed E-state index contributed by atoms with van der Waals surface area (Å²) in [7, 11) is 1.28. The smallest absolute Gasteiger partial charge is 0.343 e. The number of nitrogens with one attached hydrogen (secondary N) is 2. The first-order valence-electron chi connectivity index (χ1n) is 5.89. The molecule has 0 fully saturated rings. The third-order valence-corrected chi connectivity index (χ3v) is 2.18. The van der Waals surface area contributed by atoms with E-state index in [4.69, 9.17) is 0 Å². The maximum atomic E-state index is 11.5. The van der Waals surface area contributed by atoms with Crippen LogP contribution in [0.5, 0.6) is 0 Å². The fourth-order valence-electron chi connectivity index (χ4n) is 1.40. The Hall–Kier alpha value is -2.18. The molecule has 7 heteroatoms. The number of methoxy groups -OCH3 is 1. The van der Waals surface area contributed by atoms with Crippen molar-refractivity contribution in [2.45, 2.75) is 26.8 Å². The van der Waals surface area contributed by atoms with E-state index in [-0.39, 0.29) is 24.1 Å². The number of rotatable bonds is 5.